The first-order valence-electron chi connectivity index (χ1n) is 8.71. The second kappa shape index (κ2) is 9.61. The van der Waals surface area contributed by atoms with Crippen LogP contribution in [-0.4, -0.2) is 25.6 Å². The molecule has 0 heterocycles. The van der Waals surface area contributed by atoms with E-state index < -0.39 is 5.97 Å². The van der Waals surface area contributed by atoms with E-state index in [-0.39, 0.29) is 5.91 Å². The molecule has 0 aliphatic carbocycles. The lowest BCUT2D eigenvalue weighted by Gasteiger charge is -2.10. The zero-order valence-electron chi connectivity index (χ0n) is 15.5. The lowest BCUT2D eigenvalue weighted by atomic mass is 10.0. The number of amides is 1. The molecule has 0 fully saturated rings. The van der Waals surface area contributed by atoms with Crippen LogP contribution in [0.3, 0.4) is 0 Å². The van der Waals surface area contributed by atoms with Crippen LogP contribution in [0.4, 0.5) is 5.69 Å². The molecule has 5 nitrogen and oxygen atoms in total. The molecular formula is C21H25NO4. The van der Waals surface area contributed by atoms with Gasteiger partial charge in [0.05, 0.1) is 25.0 Å². The molecule has 0 bridgehead atoms. The third-order valence-electron chi connectivity index (χ3n) is 3.97. The predicted molar refractivity (Wildman–Crippen MR) is 102 cm³/mol. The van der Waals surface area contributed by atoms with Crippen LogP contribution in [0.5, 0.6) is 5.75 Å². The number of methoxy groups -OCH3 is 1. The Balaban J connectivity index is 1.78. The Hall–Kier alpha value is -2.82. The van der Waals surface area contributed by atoms with Crippen LogP contribution in [-0.2, 0) is 9.53 Å². The van der Waals surface area contributed by atoms with E-state index in [1.807, 2.05) is 12.1 Å². The van der Waals surface area contributed by atoms with Crippen LogP contribution in [0.15, 0.2) is 48.5 Å². The van der Waals surface area contributed by atoms with Gasteiger partial charge in [0.15, 0.2) is 0 Å². The fourth-order valence-electron chi connectivity index (χ4n) is 2.46. The van der Waals surface area contributed by atoms with Crippen molar-refractivity contribution in [3.63, 3.8) is 0 Å². The largest absolute Gasteiger partial charge is 0.494 e. The van der Waals surface area contributed by atoms with Crippen LogP contribution in [0.25, 0.3) is 0 Å². The molecule has 0 saturated carbocycles. The topological polar surface area (TPSA) is 64.6 Å². The third kappa shape index (κ3) is 5.62. The second-order valence-electron chi connectivity index (χ2n) is 6.26. The Morgan fingerprint density at radius 2 is 1.73 bits per heavy atom. The zero-order chi connectivity index (χ0) is 18.9. The standard InChI is InChI=1S/C21H25NO4/c1-15(2)16-10-12-17(13-11-16)26-14-6-9-20(23)22-19-8-5-4-7-18(19)21(24)25-3/h4-5,7-8,10-13,15H,6,9,14H2,1-3H3,(H,22,23). The summed E-state index contributed by atoms with van der Waals surface area (Å²) in [4.78, 5) is 23.8. The molecule has 0 radical (unpaired) electrons. The Bertz CT molecular complexity index is 738. The predicted octanol–water partition coefficient (Wildman–Crippen LogP) is 4.39. The van der Waals surface area contributed by atoms with Crippen molar-refractivity contribution < 1.29 is 19.1 Å². The van der Waals surface area contributed by atoms with Crippen molar-refractivity contribution in [2.45, 2.75) is 32.6 Å². The maximum Gasteiger partial charge on any atom is 0.339 e. The van der Waals surface area contributed by atoms with E-state index in [1.54, 1.807) is 24.3 Å². The van der Waals surface area contributed by atoms with Gasteiger partial charge in [-0.1, -0.05) is 38.1 Å². The number of nitrogens with one attached hydrogen (secondary N) is 1. The van der Waals surface area contributed by atoms with E-state index in [2.05, 4.69) is 31.3 Å². The number of hydrogen-bond acceptors (Lipinski definition) is 4. The van der Waals surface area contributed by atoms with Crippen LogP contribution in [0.2, 0.25) is 0 Å². The lowest BCUT2D eigenvalue weighted by Crippen LogP contribution is -2.15. The van der Waals surface area contributed by atoms with Crippen molar-refractivity contribution in [3.05, 3.63) is 59.7 Å². The molecule has 2 aromatic rings. The van der Waals surface area contributed by atoms with Crippen LogP contribution >= 0.6 is 0 Å². The molecule has 0 atom stereocenters. The Morgan fingerprint density at radius 3 is 2.38 bits per heavy atom. The van der Waals surface area contributed by atoms with Crippen molar-refractivity contribution in [2.75, 3.05) is 19.0 Å². The number of anilines is 1. The smallest absolute Gasteiger partial charge is 0.339 e. The number of rotatable bonds is 8. The first-order chi connectivity index (χ1) is 12.5. The fraction of sp³-hybridized carbons (Fsp3) is 0.333. The summed E-state index contributed by atoms with van der Waals surface area (Å²) in [6.07, 6.45) is 0.887. The Kier molecular flexibility index (Phi) is 7.21. The average Bonchev–Trinajstić information content (AvgIpc) is 2.65. The molecule has 1 amide bonds. The van der Waals surface area contributed by atoms with Gasteiger partial charge >= 0.3 is 5.97 Å². The van der Waals surface area contributed by atoms with E-state index in [0.717, 1.165) is 5.75 Å². The molecule has 0 spiro atoms. The summed E-state index contributed by atoms with van der Waals surface area (Å²) in [5.74, 6) is 0.639. The third-order valence-corrected chi connectivity index (χ3v) is 3.97. The number of benzene rings is 2. The maximum atomic E-state index is 12.1. The van der Waals surface area contributed by atoms with E-state index in [4.69, 9.17) is 9.47 Å². The first-order valence-corrected chi connectivity index (χ1v) is 8.71. The summed E-state index contributed by atoms with van der Waals surface area (Å²) in [5.41, 5.74) is 2.06. The van der Waals surface area contributed by atoms with Crippen LogP contribution in [0, 0.1) is 0 Å². The second-order valence-corrected chi connectivity index (χ2v) is 6.26. The molecule has 2 rings (SSSR count). The molecule has 5 heteroatoms. The molecule has 0 saturated heterocycles. The number of esters is 1. The molecular weight excluding hydrogens is 330 g/mol. The van der Waals surface area contributed by atoms with Crippen molar-refractivity contribution in [1.82, 2.24) is 0 Å². The first kappa shape index (κ1) is 19.5. The Labute approximate surface area is 154 Å². The highest BCUT2D eigenvalue weighted by Crippen LogP contribution is 2.19. The highest BCUT2D eigenvalue weighted by molar-refractivity contribution is 6.01. The monoisotopic (exact) mass is 355 g/mol. The summed E-state index contributed by atoms with van der Waals surface area (Å²) < 4.78 is 10.4. The summed E-state index contributed by atoms with van der Waals surface area (Å²) >= 11 is 0. The van der Waals surface area contributed by atoms with Crippen molar-refractivity contribution >= 4 is 17.6 Å². The van der Waals surface area contributed by atoms with Gasteiger partial charge in [0.1, 0.15) is 5.75 Å². The molecule has 1 N–H and O–H groups in total. The van der Waals surface area contributed by atoms with E-state index >= 15 is 0 Å². The molecule has 138 valence electrons. The minimum absolute atomic E-state index is 0.167. The van der Waals surface area contributed by atoms with Crippen LogP contribution < -0.4 is 10.1 Å². The number of carbonyl (C=O) groups is 2. The summed E-state index contributed by atoms with van der Waals surface area (Å²) in [6.45, 7) is 4.74. The van der Waals surface area contributed by atoms with Crippen molar-refractivity contribution in [2.24, 2.45) is 0 Å². The van der Waals surface area contributed by atoms with Gasteiger partial charge in [0.25, 0.3) is 0 Å². The SMILES string of the molecule is COC(=O)c1ccccc1NC(=O)CCCOc1ccc(C(C)C)cc1. The van der Waals surface area contributed by atoms with Gasteiger partial charge in [-0.25, -0.2) is 4.79 Å². The minimum atomic E-state index is -0.478. The lowest BCUT2D eigenvalue weighted by molar-refractivity contribution is -0.116. The summed E-state index contributed by atoms with van der Waals surface area (Å²) in [5, 5.41) is 2.75. The molecule has 0 aliphatic rings. The van der Waals surface area contributed by atoms with Crippen LogP contribution in [0.1, 0.15) is 48.5 Å². The molecule has 0 unspecified atom stereocenters. The zero-order valence-corrected chi connectivity index (χ0v) is 15.5. The number of para-hydroxylation sites is 1. The van der Waals surface area contributed by atoms with Gasteiger partial charge in [0.2, 0.25) is 5.91 Å². The average molecular weight is 355 g/mol. The van der Waals surface area contributed by atoms with Crippen molar-refractivity contribution in [1.29, 1.82) is 0 Å². The number of hydrogen-bond donors (Lipinski definition) is 1. The molecule has 0 aromatic heterocycles. The van der Waals surface area contributed by atoms with E-state index in [0.29, 0.717) is 36.6 Å². The summed E-state index contributed by atoms with van der Waals surface area (Å²) in [7, 11) is 1.31. The summed E-state index contributed by atoms with van der Waals surface area (Å²) in [6, 6.07) is 14.8. The van der Waals surface area contributed by atoms with Crippen molar-refractivity contribution in [3.8, 4) is 5.75 Å². The number of carbonyl (C=O) groups excluding carboxylic acids is 2. The van der Waals surface area contributed by atoms with Gasteiger partial charge in [-0.15, -0.1) is 0 Å². The maximum absolute atomic E-state index is 12.1. The number of ether oxygens (including phenoxy) is 2. The quantitative estimate of drug-likeness (QED) is 0.563. The minimum Gasteiger partial charge on any atom is -0.494 e. The Morgan fingerprint density at radius 1 is 1.04 bits per heavy atom. The van der Waals surface area contributed by atoms with E-state index in [9.17, 15) is 9.59 Å². The van der Waals surface area contributed by atoms with E-state index in [1.165, 1.54) is 12.7 Å². The molecule has 26 heavy (non-hydrogen) atoms. The van der Waals surface area contributed by atoms with Gasteiger partial charge in [0, 0.05) is 6.42 Å². The highest BCUT2D eigenvalue weighted by atomic mass is 16.5. The van der Waals surface area contributed by atoms with Gasteiger partial charge in [-0.2, -0.15) is 0 Å². The fourth-order valence-corrected chi connectivity index (χ4v) is 2.46. The van der Waals surface area contributed by atoms with Gasteiger partial charge in [-0.05, 0) is 42.2 Å². The highest BCUT2D eigenvalue weighted by Gasteiger charge is 2.13. The van der Waals surface area contributed by atoms with Gasteiger partial charge in [-0.3, -0.25) is 4.79 Å². The van der Waals surface area contributed by atoms with Gasteiger partial charge < -0.3 is 14.8 Å². The molecule has 0 aliphatic heterocycles. The molecule has 2 aromatic carbocycles. The normalized spacial score (nSPS) is 10.5.